The Bertz CT molecular complexity index is 657. The molecule has 0 unspecified atom stereocenters. The summed E-state index contributed by atoms with van der Waals surface area (Å²) in [5.41, 5.74) is 1.63. The molecular formula is C15H18N4O2. The Morgan fingerprint density at radius 1 is 1.24 bits per heavy atom. The molecule has 0 spiro atoms. The summed E-state index contributed by atoms with van der Waals surface area (Å²) in [6, 6.07) is 7.33. The van der Waals surface area contributed by atoms with Crippen LogP contribution in [-0.4, -0.2) is 46.8 Å². The quantitative estimate of drug-likeness (QED) is 0.897. The van der Waals surface area contributed by atoms with E-state index in [0.717, 1.165) is 11.9 Å². The van der Waals surface area contributed by atoms with E-state index in [1.165, 1.54) is 11.1 Å². The number of aromatic nitrogens is 2. The number of nitrogens with zero attached hydrogens (tertiary/aromatic N) is 3. The highest BCUT2D eigenvalue weighted by Gasteiger charge is 2.16. The fourth-order valence-corrected chi connectivity index (χ4v) is 1.86. The van der Waals surface area contributed by atoms with Gasteiger partial charge < -0.3 is 10.2 Å². The van der Waals surface area contributed by atoms with E-state index < -0.39 is 0 Å². The van der Waals surface area contributed by atoms with Crippen LogP contribution in [0.2, 0.25) is 0 Å². The number of nitrogens with one attached hydrogen (secondary N) is 1. The highest BCUT2D eigenvalue weighted by molar-refractivity contribution is 5.95. The first-order chi connectivity index (χ1) is 10.1. The zero-order valence-corrected chi connectivity index (χ0v) is 12.2. The van der Waals surface area contributed by atoms with Crippen LogP contribution in [0.15, 0.2) is 30.5 Å². The predicted octanol–water partition coefficient (Wildman–Crippen LogP) is 1.23. The first-order valence-electron chi connectivity index (χ1n) is 6.85. The van der Waals surface area contributed by atoms with E-state index in [-0.39, 0.29) is 24.1 Å². The van der Waals surface area contributed by atoms with Crippen molar-refractivity contribution < 1.29 is 9.59 Å². The maximum atomic E-state index is 12.2. The van der Waals surface area contributed by atoms with Gasteiger partial charge in [-0.1, -0.05) is 19.1 Å². The van der Waals surface area contributed by atoms with Gasteiger partial charge in [0.2, 0.25) is 5.91 Å². The Kier molecular flexibility index (Phi) is 4.81. The Labute approximate surface area is 123 Å². The molecule has 110 valence electrons. The number of benzene rings is 1. The molecule has 6 heteroatoms. The maximum Gasteiger partial charge on any atom is 0.274 e. The molecule has 6 nitrogen and oxygen atoms in total. The first-order valence-corrected chi connectivity index (χ1v) is 6.85. The summed E-state index contributed by atoms with van der Waals surface area (Å²) in [6.07, 6.45) is 2.30. The number of carbonyl (C=O) groups is 2. The molecule has 0 atom stereocenters. The summed E-state index contributed by atoms with van der Waals surface area (Å²) in [4.78, 5) is 33.7. The minimum Gasteiger partial charge on any atom is -0.355 e. The van der Waals surface area contributed by atoms with Crippen molar-refractivity contribution >= 4 is 22.8 Å². The minimum absolute atomic E-state index is 0.00728. The Balaban J connectivity index is 2.08. The van der Waals surface area contributed by atoms with Crippen LogP contribution >= 0.6 is 0 Å². The second-order valence-electron chi connectivity index (χ2n) is 4.76. The van der Waals surface area contributed by atoms with Gasteiger partial charge in [-0.3, -0.25) is 14.6 Å². The SMILES string of the molecule is CCCNC(=O)CN(C)C(=O)c1cnc2ccccc2n1. The van der Waals surface area contributed by atoms with Gasteiger partial charge in [-0.25, -0.2) is 4.98 Å². The van der Waals surface area contributed by atoms with E-state index in [9.17, 15) is 9.59 Å². The van der Waals surface area contributed by atoms with Crippen LogP contribution in [0.4, 0.5) is 0 Å². The van der Waals surface area contributed by atoms with Gasteiger partial charge in [-0.05, 0) is 18.6 Å². The lowest BCUT2D eigenvalue weighted by Crippen LogP contribution is -2.38. The topological polar surface area (TPSA) is 75.2 Å². The Morgan fingerprint density at radius 3 is 2.67 bits per heavy atom. The molecule has 0 aliphatic heterocycles. The molecule has 2 rings (SSSR count). The van der Waals surface area contributed by atoms with Gasteiger partial charge in [0, 0.05) is 13.6 Å². The van der Waals surface area contributed by atoms with E-state index >= 15 is 0 Å². The van der Waals surface area contributed by atoms with Crippen LogP contribution in [0.5, 0.6) is 0 Å². The summed E-state index contributed by atoms with van der Waals surface area (Å²) in [5, 5.41) is 2.73. The molecule has 0 radical (unpaired) electrons. The van der Waals surface area contributed by atoms with Crippen molar-refractivity contribution in [1.82, 2.24) is 20.2 Å². The van der Waals surface area contributed by atoms with Crippen molar-refractivity contribution in [3.05, 3.63) is 36.2 Å². The van der Waals surface area contributed by atoms with Gasteiger partial charge >= 0.3 is 0 Å². The van der Waals surface area contributed by atoms with Crippen LogP contribution in [-0.2, 0) is 4.79 Å². The monoisotopic (exact) mass is 286 g/mol. The third-order valence-corrected chi connectivity index (χ3v) is 2.97. The van der Waals surface area contributed by atoms with Crippen LogP contribution in [0.25, 0.3) is 11.0 Å². The number of para-hydroxylation sites is 2. The molecule has 0 saturated heterocycles. The maximum absolute atomic E-state index is 12.2. The number of rotatable bonds is 5. The average Bonchev–Trinajstić information content (AvgIpc) is 2.51. The summed E-state index contributed by atoms with van der Waals surface area (Å²) < 4.78 is 0. The third kappa shape index (κ3) is 3.75. The fourth-order valence-electron chi connectivity index (χ4n) is 1.86. The molecule has 0 bridgehead atoms. The van der Waals surface area contributed by atoms with Crippen molar-refractivity contribution in [1.29, 1.82) is 0 Å². The van der Waals surface area contributed by atoms with Crippen LogP contribution in [0.3, 0.4) is 0 Å². The van der Waals surface area contributed by atoms with E-state index in [2.05, 4.69) is 15.3 Å². The van der Waals surface area contributed by atoms with E-state index in [4.69, 9.17) is 0 Å². The second kappa shape index (κ2) is 6.78. The zero-order valence-electron chi connectivity index (χ0n) is 12.2. The summed E-state index contributed by atoms with van der Waals surface area (Å²) in [6.45, 7) is 2.59. The van der Waals surface area contributed by atoms with Gasteiger partial charge in [-0.2, -0.15) is 0 Å². The molecule has 2 aromatic rings. The van der Waals surface area contributed by atoms with E-state index in [0.29, 0.717) is 12.1 Å². The van der Waals surface area contributed by atoms with Crippen LogP contribution < -0.4 is 5.32 Å². The third-order valence-electron chi connectivity index (χ3n) is 2.97. The predicted molar refractivity (Wildman–Crippen MR) is 79.8 cm³/mol. The lowest BCUT2D eigenvalue weighted by molar-refractivity contribution is -0.121. The molecule has 0 saturated carbocycles. The fraction of sp³-hybridized carbons (Fsp3) is 0.333. The lowest BCUT2D eigenvalue weighted by atomic mass is 10.3. The Morgan fingerprint density at radius 2 is 1.95 bits per heavy atom. The molecule has 2 amide bonds. The largest absolute Gasteiger partial charge is 0.355 e. The molecule has 1 aromatic heterocycles. The van der Waals surface area contributed by atoms with Crippen molar-refractivity contribution in [3.8, 4) is 0 Å². The molecular weight excluding hydrogens is 268 g/mol. The van der Waals surface area contributed by atoms with Crippen LogP contribution in [0.1, 0.15) is 23.8 Å². The summed E-state index contributed by atoms with van der Waals surface area (Å²) in [7, 11) is 1.57. The molecule has 0 aliphatic rings. The molecule has 1 heterocycles. The lowest BCUT2D eigenvalue weighted by Gasteiger charge is -2.16. The standard InChI is InChI=1S/C15H18N4O2/c1-3-8-16-14(20)10-19(2)15(21)13-9-17-11-6-4-5-7-12(11)18-13/h4-7,9H,3,8,10H2,1-2H3,(H,16,20). The first kappa shape index (κ1) is 14.9. The normalized spacial score (nSPS) is 10.4. The molecule has 1 aromatic carbocycles. The van der Waals surface area contributed by atoms with Crippen molar-refractivity contribution in [3.63, 3.8) is 0 Å². The van der Waals surface area contributed by atoms with E-state index in [1.54, 1.807) is 13.1 Å². The van der Waals surface area contributed by atoms with Gasteiger partial charge in [0.15, 0.2) is 0 Å². The highest BCUT2D eigenvalue weighted by Crippen LogP contribution is 2.09. The minimum atomic E-state index is -0.320. The number of likely N-dealkylation sites (N-methyl/N-ethyl adjacent to an activating group) is 1. The van der Waals surface area contributed by atoms with Gasteiger partial charge in [-0.15, -0.1) is 0 Å². The number of amides is 2. The average molecular weight is 286 g/mol. The van der Waals surface area contributed by atoms with Crippen molar-refractivity contribution in [2.24, 2.45) is 0 Å². The highest BCUT2D eigenvalue weighted by atomic mass is 16.2. The van der Waals surface area contributed by atoms with Gasteiger partial charge in [0.05, 0.1) is 23.8 Å². The zero-order chi connectivity index (χ0) is 15.2. The molecule has 1 N–H and O–H groups in total. The smallest absolute Gasteiger partial charge is 0.274 e. The van der Waals surface area contributed by atoms with Gasteiger partial charge in [0.1, 0.15) is 5.69 Å². The second-order valence-corrected chi connectivity index (χ2v) is 4.76. The summed E-state index contributed by atoms with van der Waals surface area (Å²) >= 11 is 0. The van der Waals surface area contributed by atoms with Crippen molar-refractivity contribution in [2.45, 2.75) is 13.3 Å². The molecule has 21 heavy (non-hydrogen) atoms. The van der Waals surface area contributed by atoms with Crippen LogP contribution in [0, 0.1) is 0 Å². The Hall–Kier alpha value is -2.50. The number of fused-ring (bicyclic) bond motifs is 1. The molecule has 0 aliphatic carbocycles. The number of carbonyl (C=O) groups excluding carboxylic acids is 2. The number of hydrogen-bond acceptors (Lipinski definition) is 4. The molecule has 0 fully saturated rings. The van der Waals surface area contributed by atoms with E-state index in [1.807, 2.05) is 25.1 Å². The summed E-state index contributed by atoms with van der Waals surface area (Å²) in [5.74, 6) is -0.499. The van der Waals surface area contributed by atoms with Gasteiger partial charge in [0.25, 0.3) is 5.91 Å². The number of hydrogen-bond donors (Lipinski definition) is 1. The van der Waals surface area contributed by atoms with Crippen molar-refractivity contribution in [2.75, 3.05) is 20.1 Å².